The van der Waals surface area contributed by atoms with Crippen molar-refractivity contribution in [3.63, 3.8) is 0 Å². The van der Waals surface area contributed by atoms with Gasteiger partial charge in [0.2, 0.25) is 5.91 Å². The number of anilines is 1. The molecule has 28 heavy (non-hydrogen) atoms. The van der Waals surface area contributed by atoms with Gasteiger partial charge in [-0.25, -0.2) is 0 Å². The molecule has 2 aromatic rings. The zero-order valence-electron chi connectivity index (χ0n) is 15.4. The zero-order chi connectivity index (χ0) is 19.9. The lowest BCUT2D eigenvalue weighted by Gasteiger charge is -2.23. The number of hydrogen-bond donors (Lipinski definition) is 2. The Kier molecular flexibility index (Phi) is 7.12. The molecule has 4 nitrogen and oxygen atoms in total. The lowest BCUT2D eigenvalue weighted by molar-refractivity contribution is -0.111. The largest absolute Gasteiger partial charge is 0.349 e. The number of para-hydroxylation sites is 1. The number of hydrogen-bond acceptors (Lipinski definition) is 2. The van der Waals surface area contributed by atoms with Gasteiger partial charge in [-0.1, -0.05) is 60.7 Å². The van der Waals surface area contributed by atoms with E-state index < -0.39 is 0 Å². The van der Waals surface area contributed by atoms with Gasteiger partial charge < -0.3 is 10.6 Å². The summed E-state index contributed by atoms with van der Waals surface area (Å²) < 4.78 is 0. The van der Waals surface area contributed by atoms with Crippen LogP contribution in [0.25, 0.3) is 6.08 Å². The lowest BCUT2D eigenvalue weighted by atomic mass is 9.95. The molecule has 3 rings (SSSR count). The minimum atomic E-state index is -0.344. The van der Waals surface area contributed by atoms with Gasteiger partial charge in [0, 0.05) is 22.2 Å². The molecule has 0 atom stereocenters. The molecule has 1 aliphatic rings. The van der Waals surface area contributed by atoms with Gasteiger partial charge in [-0.05, 0) is 48.7 Å². The number of nitrogens with one attached hydrogen (secondary N) is 2. The first-order valence-corrected chi connectivity index (χ1v) is 10.1. The van der Waals surface area contributed by atoms with Crippen LogP contribution in [-0.2, 0) is 4.79 Å². The summed E-state index contributed by atoms with van der Waals surface area (Å²) in [5.41, 5.74) is 1.62. The Morgan fingerprint density at radius 2 is 1.75 bits per heavy atom. The maximum absolute atomic E-state index is 12.7. The Labute approximate surface area is 174 Å². The van der Waals surface area contributed by atoms with Crippen molar-refractivity contribution in [1.29, 1.82) is 0 Å². The molecular weight excluding hydrogens is 395 g/mol. The van der Waals surface area contributed by atoms with Crippen LogP contribution in [0.4, 0.5) is 5.69 Å². The third-order valence-electron chi connectivity index (χ3n) is 4.75. The van der Waals surface area contributed by atoms with Gasteiger partial charge in [-0.15, -0.1) is 0 Å². The van der Waals surface area contributed by atoms with Crippen molar-refractivity contribution in [2.24, 2.45) is 0 Å². The quantitative estimate of drug-likeness (QED) is 0.613. The van der Waals surface area contributed by atoms with E-state index in [0.29, 0.717) is 26.9 Å². The number of halogens is 2. The second-order valence-corrected chi connectivity index (χ2v) is 7.69. The first-order valence-electron chi connectivity index (χ1n) is 9.37. The highest BCUT2D eigenvalue weighted by atomic mass is 35.5. The molecule has 0 aromatic heterocycles. The molecule has 0 radical (unpaired) electrons. The third kappa shape index (κ3) is 5.60. The predicted octanol–water partition coefficient (Wildman–Crippen LogP) is 5.71. The average Bonchev–Trinajstić information content (AvgIpc) is 2.68. The van der Waals surface area contributed by atoms with Crippen molar-refractivity contribution in [2.45, 2.75) is 38.1 Å². The van der Waals surface area contributed by atoms with E-state index in [1.54, 1.807) is 48.5 Å². The number of benzene rings is 2. The van der Waals surface area contributed by atoms with Crippen LogP contribution in [0.5, 0.6) is 0 Å². The van der Waals surface area contributed by atoms with Gasteiger partial charge in [-0.3, -0.25) is 9.59 Å². The van der Waals surface area contributed by atoms with E-state index in [2.05, 4.69) is 10.6 Å². The van der Waals surface area contributed by atoms with E-state index in [1.807, 2.05) is 0 Å². The number of carbonyl (C=O) groups excluding carboxylic acids is 2. The monoisotopic (exact) mass is 416 g/mol. The summed E-state index contributed by atoms with van der Waals surface area (Å²) >= 11 is 12.0. The van der Waals surface area contributed by atoms with Crippen molar-refractivity contribution in [3.05, 3.63) is 69.7 Å². The highest BCUT2D eigenvalue weighted by Gasteiger charge is 2.18. The summed E-state index contributed by atoms with van der Waals surface area (Å²) in [7, 11) is 0. The van der Waals surface area contributed by atoms with Gasteiger partial charge in [0.05, 0.1) is 11.3 Å². The normalized spacial score (nSPS) is 14.8. The number of amides is 2. The lowest BCUT2D eigenvalue weighted by Crippen LogP contribution is -2.36. The minimum absolute atomic E-state index is 0.160. The Hall–Kier alpha value is -2.30. The molecule has 0 spiro atoms. The van der Waals surface area contributed by atoms with Crippen LogP contribution >= 0.6 is 23.2 Å². The van der Waals surface area contributed by atoms with Crippen molar-refractivity contribution < 1.29 is 9.59 Å². The molecule has 0 saturated heterocycles. The molecule has 0 bridgehead atoms. The van der Waals surface area contributed by atoms with Gasteiger partial charge in [0.25, 0.3) is 5.91 Å². The Morgan fingerprint density at radius 3 is 2.50 bits per heavy atom. The third-order valence-corrected chi connectivity index (χ3v) is 5.31. The van der Waals surface area contributed by atoms with Crippen LogP contribution in [0.15, 0.2) is 48.5 Å². The molecule has 1 saturated carbocycles. The summed E-state index contributed by atoms with van der Waals surface area (Å²) in [6, 6.07) is 12.3. The summed E-state index contributed by atoms with van der Waals surface area (Å²) in [6.45, 7) is 0. The van der Waals surface area contributed by atoms with E-state index >= 15 is 0 Å². The molecule has 0 unspecified atom stereocenters. The summed E-state index contributed by atoms with van der Waals surface area (Å²) in [4.78, 5) is 25.0. The maximum Gasteiger partial charge on any atom is 0.253 e. The van der Waals surface area contributed by atoms with Crippen LogP contribution in [-0.4, -0.2) is 17.9 Å². The maximum atomic E-state index is 12.7. The fourth-order valence-corrected chi connectivity index (χ4v) is 3.75. The molecule has 2 amide bonds. The predicted molar refractivity (Wildman–Crippen MR) is 115 cm³/mol. The van der Waals surface area contributed by atoms with E-state index in [1.165, 1.54) is 12.5 Å². The molecule has 2 N–H and O–H groups in total. The van der Waals surface area contributed by atoms with Crippen molar-refractivity contribution in [1.82, 2.24) is 5.32 Å². The molecule has 2 aromatic carbocycles. The van der Waals surface area contributed by atoms with E-state index in [9.17, 15) is 9.59 Å². The number of rotatable bonds is 5. The highest BCUT2D eigenvalue weighted by Crippen LogP contribution is 2.23. The van der Waals surface area contributed by atoms with Crippen LogP contribution in [0, 0.1) is 0 Å². The summed E-state index contributed by atoms with van der Waals surface area (Å²) in [6.07, 6.45) is 8.51. The topological polar surface area (TPSA) is 58.2 Å². The zero-order valence-corrected chi connectivity index (χ0v) is 16.9. The smallest absolute Gasteiger partial charge is 0.253 e. The molecule has 0 heterocycles. The van der Waals surface area contributed by atoms with Crippen LogP contribution in [0.3, 0.4) is 0 Å². The van der Waals surface area contributed by atoms with Crippen molar-refractivity contribution in [2.75, 3.05) is 5.32 Å². The molecule has 6 heteroatoms. The van der Waals surface area contributed by atoms with Gasteiger partial charge >= 0.3 is 0 Å². The first kappa shape index (κ1) is 20.4. The molecule has 1 fully saturated rings. The molecule has 146 valence electrons. The second-order valence-electron chi connectivity index (χ2n) is 6.84. The standard InChI is InChI=1S/C22H22Cl2N2O2/c23-16-12-10-15(19(24)14-16)11-13-21(27)26-20-9-5-4-8-18(20)22(28)25-17-6-2-1-3-7-17/h4-5,8-14,17H,1-3,6-7H2,(H,25,28)(H,26,27)/b13-11+. The van der Waals surface area contributed by atoms with E-state index in [-0.39, 0.29) is 17.9 Å². The van der Waals surface area contributed by atoms with Crippen LogP contribution in [0.1, 0.15) is 48.0 Å². The molecule has 1 aliphatic carbocycles. The number of carbonyl (C=O) groups is 2. The Morgan fingerprint density at radius 1 is 1.00 bits per heavy atom. The van der Waals surface area contributed by atoms with E-state index in [4.69, 9.17) is 23.2 Å². The molecule has 0 aliphatic heterocycles. The summed E-state index contributed by atoms with van der Waals surface area (Å²) in [5, 5.41) is 6.85. The highest BCUT2D eigenvalue weighted by molar-refractivity contribution is 6.35. The van der Waals surface area contributed by atoms with Gasteiger partial charge in [0.1, 0.15) is 0 Å². The molecular formula is C22H22Cl2N2O2. The van der Waals surface area contributed by atoms with Crippen molar-refractivity contribution >= 4 is 46.8 Å². The first-order chi connectivity index (χ1) is 13.5. The Bertz CT molecular complexity index is 890. The van der Waals surface area contributed by atoms with Crippen LogP contribution < -0.4 is 10.6 Å². The second kappa shape index (κ2) is 9.76. The van der Waals surface area contributed by atoms with Crippen LogP contribution in [0.2, 0.25) is 10.0 Å². The van der Waals surface area contributed by atoms with E-state index in [0.717, 1.165) is 25.7 Å². The minimum Gasteiger partial charge on any atom is -0.349 e. The van der Waals surface area contributed by atoms with Gasteiger partial charge in [-0.2, -0.15) is 0 Å². The van der Waals surface area contributed by atoms with Gasteiger partial charge in [0.15, 0.2) is 0 Å². The SMILES string of the molecule is O=C(/C=C/c1ccc(Cl)cc1Cl)Nc1ccccc1C(=O)NC1CCCCC1. The Balaban J connectivity index is 1.67. The van der Waals surface area contributed by atoms with Crippen molar-refractivity contribution in [3.8, 4) is 0 Å². The fourth-order valence-electron chi connectivity index (χ4n) is 3.28. The average molecular weight is 417 g/mol. The summed E-state index contributed by atoms with van der Waals surface area (Å²) in [5.74, 6) is -0.503. The fraction of sp³-hybridized carbons (Fsp3) is 0.273.